The second-order valence-electron chi connectivity index (χ2n) is 5.78. The molecule has 6 nitrogen and oxygen atoms in total. The number of rotatable bonds is 5. The van der Waals surface area contributed by atoms with Gasteiger partial charge < -0.3 is 5.32 Å². The molecule has 27 heavy (non-hydrogen) atoms. The smallest absolute Gasteiger partial charge is 0.272 e. The maximum Gasteiger partial charge on any atom is 0.272 e. The second-order valence-corrected chi connectivity index (χ2v) is 5.78. The molecular formula is C21H18N4O2. The molecule has 0 unspecified atom stereocenters. The number of amides is 2. The number of benzene rings is 2. The molecule has 2 N–H and O–H groups in total. The van der Waals surface area contributed by atoms with Gasteiger partial charge in [0.1, 0.15) is 0 Å². The molecule has 0 aliphatic rings. The molecule has 1 aromatic heterocycles. The van der Waals surface area contributed by atoms with Crippen LogP contribution >= 0.6 is 0 Å². The molecule has 0 aliphatic carbocycles. The van der Waals surface area contributed by atoms with Crippen LogP contribution in [0.4, 0.5) is 5.69 Å². The summed E-state index contributed by atoms with van der Waals surface area (Å²) in [5.41, 5.74) is 5.70. The third kappa shape index (κ3) is 4.85. The number of carbonyl (C=O) groups is 2. The lowest BCUT2D eigenvalue weighted by Crippen LogP contribution is -2.19. The van der Waals surface area contributed by atoms with Crippen LogP contribution in [0.1, 0.15) is 33.2 Å². The molecule has 2 aromatic carbocycles. The Morgan fingerprint density at radius 3 is 2.19 bits per heavy atom. The lowest BCUT2D eigenvalue weighted by molar-refractivity contribution is 0.0953. The molecule has 0 aliphatic heterocycles. The zero-order chi connectivity index (χ0) is 19.1. The van der Waals surface area contributed by atoms with Crippen molar-refractivity contribution in [2.75, 3.05) is 5.32 Å². The fraction of sp³-hybridized carbons (Fsp3) is 0.0476. The van der Waals surface area contributed by atoms with Gasteiger partial charge in [-0.2, -0.15) is 5.10 Å². The Balaban J connectivity index is 1.62. The molecule has 0 saturated carbocycles. The number of hydrogen-bond acceptors (Lipinski definition) is 4. The molecule has 2 amide bonds. The number of nitrogens with zero attached hydrogens (tertiary/aromatic N) is 2. The first-order valence-corrected chi connectivity index (χ1v) is 8.35. The van der Waals surface area contributed by atoms with Crippen LogP contribution in [-0.2, 0) is 0 Å². The molecular weight excluding hydrogens is 340 g/mol. The van der Waals surface area contributed by atoms with Crippen LogP contribution in [-0.4, -0.2) is 22.5 Å². The predicted octanol–water partition coefficient (Wildman–Crippen LogP) is 3.49. The van der Waals surface area contributed by atoms with E-state index in [0.29, 0.717) is 22.5 Å². The summed E-state index contributed by atoms with van der Waals surface area (Å²) < 4.78 is 0. The molecule has 0 spiro atoms. The van der Waals surface area contributed by atoms with Gasteiger partial charge in [0.25, 0.3) is 11.8 Å². The Labute approximate surface area is 157 Å². The summed E-state index contributed by atoms with van der Waals surface area (Å²) in [4.78, 5) is 28.0. The van der Waals surface area contributed by atoms with Gasteiger partial charge in [0, 0.05) is 23.6 Å². The maximum absolute atomic E-state index is 12.2. The number of hydrazone groups is 1. The average molecular weight is 358 g/mol. The van der Waals surface area contributed by atoms with Crippen molar-refractivity contribution in [1.29, 1.82) is 0 Å². The first kappa shape index (κ1) is 18.0. The SMILES string of the molecule is C/C(=N/NC(=O)c1cccnc1)c1ccc(NC(=O)c2ccccc2)cc1. The highest BCUT2D eigenvalue weighted by Crippen LogP contribution is 2.12. The Morgan fingerprint density at radius 1 is 0.815 bits per heavy atom. The molecule has 3 aromatic rings. The van der Waals surface area contributed by atoms with Crippen molar-refractivity contribution < 1.29 is 9.59 Å². The van der Waals surface area contributed by atoms with E-state index in [4.69, 9.17) is 0 Å². The minimum Gasteiger partial charge on any atom is -0.322 e. The Kier molecular flexibility index (Phi) is 5.69. The van der Waals surface area contributed by atoms with E-state index in [0.717, 1.165) is 5.56 Å². The van der Waals surface area contributed by atoms with Crippen LogP contribution in [0.15, 0.2) is 84.2 Å². The van der Waals surface area contributed by atoms with Crippen LogP contribution in [0, 0.1) is 0 Å². The molecule has 3 rings (SSSR count). The maximum atomic E-state index is 12.2. The number of pyridine rings is 1. The van der Waals surface area contributed by atoms with Crippen LogP contribution in [0.25, 0.3) is 0 Å². The minimum atomic E-state index is -0.325. The molecule has 0 bridgehead atoms. The average Bonchev–Trinajstić information content (AvgIpc) is 2.73. The lowest BCUT2D eigenvalue weighted by atomic mass is 10.1. The molecule has 1 heterocycles. The van der Waals surface area contributed by atoms with Gasteiger partial charge in [-0.15, -0.1) is 0 Å². The molecule has 134 valence electrons. The summed E-state index contributed by atoms with van der Waals surface area (Å²) in [6, 6.07) is 19.6. The molecule has 0 atom stereocenters. The van der Waals surface area contributed by atoms with E-state index in [-0.39, 0.29) is 11.8 Å². The van der Waals surface area contributed by atoms with E-state index in [1.807, 2.05) is 30.3 Å². The highest BCUT2D eigenvalue weighted by molar-refractivity contribution is 6.05. The zero-order valence-corrected chi connectivity index (χ0v) is 14.7. The van der Waals surface area contributed by atoms with Crippen molar-refractivity contribution in [3.63, 3.8) is 0 Å². The molecule has 0 saturated heterocycles. The Morgan fingerprint density at radius 2 is 1.52 bits per heavy atom. The van der Waals surface area contributed by atoms with E-state index < -0.39 is 0 Å². The van der Waals surface area contributed by atoms with Gasteiger partial charge in [0.15, 0.2) is 0 Å². The summed E-state index contributed by atoms with van der Waals surface area (Å²) in [6.07, 6.45) is 3.08. The van der Waals surface area contributed by atoms with Gasteiger partial charge in [-0.05, 0) is 48.9 Å². The highest BCUT2D eigenvalue weighted by atomic mass is 16.2. The summed E-state index contributed by atoms with van der Waals surface area (Å²) in [5, 5.41) is 6.95. The van der Waals surface area contributed by atoms with Gasteiger partial charge in [-0.1, -0.05) is 30.3 Å². The zero-order valence-electron chi connectivity index (χ0n) is 14.7. The van der Waals surface area contributed by atoms with E-state index in [1.54, 1.807) is 49.5 Å². The van der Waals surface area contributed by atoms with Crippen molar-refractivity contribution >= 4 is 23.2 Å². The third-order valence-corrected chi connectivity index (χ3v) is 3.85. The number of nitrogens with one attached hydrogen (secondary N) is 2. The highest BCUT2D eigenvalue weighted by Gasteiger charge is 2.07. The molecule has 0 radical (unpaired) electrons. The van der Waals surface area contributed by atoms with E-state index in [1.165, 1.54) is 6.20 Å². The summed E-state index contributed by atoms with van der Waals surface area (Å²) >= 11 is 0. The van der Waals surface area contributed by atoms with Gasteiger partial charge in [-0.25, -0.2) is 5.43 Å². The quantitative estimate of drug-likeness (QED) is 0.541. The molecule has 0 fully saturated rings. The number of hydrogen-bond donors (Lipinski definition) is 2. The molecule has 6 heteroatoms. The van der Waals surface area contributed by atoms with E-state index in [9.17, 15) is 9.59 Å². The van der Waals surface area contributed by atoms with Crippen molar-refractivity contribution in [1.82, 2.24) is 10.4 Å². The van der Waals surface area contributed by atoms with Gasteiger partial charge in [0.2, 0.25) is 0 Å². The fourth-order valence-corrected chi connectivity index (χ4v) is 2.35. The monoisotopic (exact) mass is 358 g/mol. The van der Waals surface area contributed by atoms with Crippen molar-refractivity contribution in [3.05, 3.63) is 95.8 Å². The van der Waals surface area contributed by atoms with Crippen molar-refractivity contribution in [2.45, 2.75) is 6.92 Å². The summed E-state index contributed by atoms with van der Waals surface area (Å²) in [6.45, 7) is 1.79. The Hall–Kier alpha value is -3.80. The number of aromatic nitrogens is 1. The number of carbonyl (C=O) groups excluding carboxylic acids is 2. The standard InChI is InChI=1S/C21H18N4O2/c1-15(24-25-21(27)18-8-5-13-22-14-18)16-9-11-19(12-10-16)23-20(26)17-6-3-2-4-7-17/h2-14H,1H3,(H,23,26)(H,25,27)/b24-15-. The normalized spacial score (nSPS) is 10.9. The largest absolute Gasteiger partial charge is 0.322 e. The third-order valence-electron chi connectivity index (χ3n) is 3.85. The minimum absolute atomic E-state index is 0.169. The summed E-state index contributed by atoms with van der Waals surface area (Å²) in [5.74, 6) is -0.494. The van der Waals surface area contributed by atoms with E-state index >= 15 is 0 Å². The predicted molar refractivity (Wildman–Crippen MR) is 105 cm³/mol. The fourth-order valence-electron chi connectivity index (χ4n) is 2.35. The second kappa shape index (κ2) is 8.53. The number of anilines is 1. The van der Waals surface area contributed by atoms with Crippen LogP contribution in [0.3, 0.4) is 0 Å². The lowest BCUT2D eigenvalue weighted by Gasteiger charge is -2.07. The first-order chi connectivity index (χ1) is 13.1. The topological polar surface area (TPSA) is 83.4 Å². The van der Waals surface area contributed by atoms with Crippen LogP contribution in [0.5, 0.6) is 0 Å². The van der Waals surface area contributed by atoms with Crippen LogP contribution in [0.2, 0.25) is 0 Å². The summed E-state index contributed by atoms with van der Waals surface area (Å²) in [7, 11) is 0. The van der Waals surface area contributed by atoms with Crippen molar-refractivity contribution in [3.8, 4) is 0 Å². The van der Waals surface area contributed by atoms with Gasteiger partial charge in [0.05, 0.1) is 11.3 Å². The van der Waals surface area contributed by atoms with Crippen molar-refractivity contribution in [2.24, 2.45) is 5.10 Å². The first-order valence-electron chi connectivity index (χ1n) is 8.35. The van der Waals surface area contributed by atoms with Gasteiger partial charge >= 0.3 is 0 Å². The van der Waals surface area contributed by atoms with E-state index in [2.05, 4.69) is 20.8 Å². The Bertz CT molecular complexity index is 952. The van der Waals surface area contributed by atoms with Crippen LogP contribution < -0.4 is 10.7 Å². The van der Waals surface area contributed by atoms with Gasteiger partial charge in [-0.3, -0.25) is 14.6 Å².